The lowest BCUT2D eigenvalue weighted by Gasteiger charge is -2.06. The van der Waals surface area contributed by atoms with E-state index in [0.29, 0.717) is 0 Å². The van der Waals surface area contributed by atoms with Crippen LogP contribution in [-0.2, 0) is 12.8 Å². The number of rotatable bonds is 20. The molecule has 2 rings (SSSR count). The maximum atomic E-state index is 4.65. The molecule has 0 atom stereocenters. The summed E-state index contributed by atoms with van der Waals surface area (Å²) in [5, 5.41) is 0. The molecule has 1 aromatic heterocycles. The quantitative estimate of drug-likeness (QED) is 0.182. The van der Waals surface area contributed by atoms with Crippen LogP contribution in [0.4, 0.5) is 0 Å². The van der Waals surface area contributed by atoms with Crippen LogP contribution in [0.2, 0.25) is 0 Å². The fraction of sp³-hybridized carbons (Fsp3) is 0.688. The summed E-state index contributed by atoms with van der Waals surface area (Å²) >= 11 is 0. The molecule has 2 heteroatoms. The second-order valence-electron chi connectivity index (χ2n) is 10.7. The first-order valence-electron chi connectivity index (χ1n) is 14.6. The van der Waals surface area contributed by atoms with Gasteiger partial charge in [0, 0.05) is 18.0 Å². The standard InChI is InChI=1S/C32H52N2/c1-4-5-6-7-8-9-10-14-17-20-29-22-24-31(25-23-29)32-33-26-30(27-34-32)21-18-15-12-11-13-16-19-28(2)3/h22-28H,4-21H2,1-3H3. The summed E-state index contributed by atoms with van der Waals surface area (Å²) in [6.45, 7) is 6.93. The fourth-order valence-electron chi connectivity index (χ4n) is 4.68. The van der Waals surface area contributed by atoms with Gasteiger partial charge in [-0.1, -0.05) is 135 Å². The van der Waals surface area contributed by atoms with Crippen molar-refractivity contribution in [2.24, 2.45) is 5.92 Å². The molecule has 34 heavy (non-hydrogen) atoms. The van der Waals surface area contributed by atoms with Gasteiger partial charge in [0.2, 0.25) is 0 Å². The molecule has 0 saturated heterocycles. The Morgan fingerprint density at radius 3 is 1.56 bits per heavy atom. The number of aryl methyl sites for hydroxylation is 2. The summed E-state index contributed by atoms with van der Waals surface area (Å²) in [5.74, 6) is 1.70. The predicted octanol–water partition coefficient (Wildman–Crippen LogP) is 10.1. The van der Waals surface area contributed by atoms with E-state index in [1.807, 2.05) is 12.4 Å². The first-order valence-corrected chi connectivity index (χ1v) is 14.6. The van der Waals surface area contributed by atoms with Crippen molar-refractivity contribution >= 4 is 0 Å². The van der Waals surface area contributed by atoms with Gasteiger partial charge < -0.3 is 0 Å². The van der Waals surface area contributed by atoms with E-state index in [9.17, 15) is 0 Å². The van der Waals surface area contributed by atoms with E-state index in [1.165, 1.54) is 120 Å². The lowest BCUT2D eigenvalue weighted by Crippen LogP contribution is -1.94. The molecule has 0 bridgehead atoms. The minimum absolute atomic E-state index is 0.850. The van der Waals surface area contributed by atoms with Crippen molar-refractivity contribution in [2.45, 2.75) is 136 Å². The molecule has 0 fully saturated rings. The lowest BCUT2D eigenvalue weighted by molar-refractivity contribution is 0.511. The van der Waals surface area contributed by atoms with Crippen molar-refractivity contribution in [3.8, 4) is 11.4 Å². The molecule has 0 aliphatic rings. The van der Waals surface area contributed by atoms with Gasteiger partial charge in [-0.05, 0) is 42.7 Å². The average molecular weight is 465 g/mol. The van der Waals surface area contributed by atoms with Crippen LogP contribution in [0.3, 0.4) is 0 Å². The van der Waals surface area contributed by atoms with Gasteiger partial charge in [0.25, 0.3) is 0 Å². The molecule has 2 nitrogen and oxygen atoms in total. The Hall–Kier alpha value is -1.70. The normalized spacial score (nSPS) is 11.4. The van der Waals surface area contributed by atoms with Gasteiger partial charge in [0.1, 0.15) is 0 Å². The van der Waals surface area contributed by atoms with Crippen LogP contribution in [0.1, 0.15) is 135 Å². The highest BCUT2D eigenvalue weighted by Gasteiger charge is 2.03. The molecule has 0 radical (unpaired) electrons. The number of unbranched alkanes of at least 4 members (excludes halogenated alkanes) is 13. The minimum Gasteiger partial charge on any atom is -0.236 e. The van der Waals surface area contributed by atoms with Crippen molar-refractivity contribution in [2.75, 3.05) is 0 Å². The van der Waals surface area contributed by atoms with E-state index in [2.05, 4.69) is 55.0 Å². The van der Waals surface area contributed by atoms with Crippen LogP contribution in [-0.4, -0.2) is 9.97 Å². The van der Waals surface area contributed by atoms with Crippen molar-refractivity contribution in [3.63, 3.8) is 0 Å². The van der Waals surface area contributed by atoms with Crippen LogP contribution in [0.5, 0.6) is 0 Å². The number of aromatic nitrogens is 2. The Labute approximate surface area is 211 Å². The molecule has 1 heterocycles. The Morgan fingerprint density at radius 2 is 1.03 bits per heavy atom. The largest absolute Gasteiger partial charge is 0.236 e. The number of benzene rings is 1. The smallest absolute Gasteiger partial charge is 0.159 e. The van der Waals surface area contributed by atoms with E-state index in [4.69, 9.17) is 0 Å². The molecule has 0 aliphatic carbocycles. The van der Waals surface area contributed by atoms with Crippen molar-refractivity contribution in [3.05, 3.63) is 47.8 Å². The molecule has 190 valence electrons. The van der Waals surface area contributed by atoms with Crippen molar-refractivity contribution in [1.82, 2.24) is 9.97 Å². The topological polar surface area (TPSA) is 25.8 Å². The zero-order valence-corrected chi connectivity index (χ0v) is 22.7. The molecule has 1 aromatic carbocycles. The summed E-state index contributed by atoms with van der Waals surface area (Å²) in [7, 11) is 0. The van der Waals surface area contributed by atoms with Gasteiger partial charge in [-0.15, -0.1) is 0 Å². The van der Waals surface area contributed by atoms with Gasteiger partial charge in [-0.3, -0.25) is 0 Å². The summed E-state index contributed by atoms with van der Waals surface area (Å²) in [4.78, 5) is 9.29. The SMILES string of the molecule is CCCCCCCCCCCc1ccc(-c2ncc(CCCCCCCCC(C)C)cn2)cc1. The van der Waals surface area contributed by atoms with Crippen molar-refractivity contribution < 1.29 is 0 Å². The van der Waals surface area contributed by atoms with E-state index in [-0.39, 0.29) is 0 Å². The van der Waals surface area contributed by atoms with E-state index >= 15 is 0 Å². The third-order valence-electron chi connectivity index (χ3n) is 6.98. The first kappa shape index (κ1) is 28.5. The third kappa shape index (κ3) is 13.3. The van der Waals surface area contributed by atoms with E-state index < -0.39 is 0 Å². The first-order chi connectivity index (χ1) is 16.7. The highest BCUT2D eigenvalue weighted by molar-refractivity contribution is 5.55. The van der Waals surface area contributed by atoms with Crippen LogP contribution in [0.25, 0.3) is 11.4 Å². The average Bonchev–Trinajstić information content (AvgIpc) is 2.85. The fourth-order valence-corrected chi connectivity index (χ4v) is 4.68. The van der Waals surface area contributed by atoms with Gasteiger partial charge in [0.15, 0.2) is 5.82 Å². The van der Waals surface area contributed by atoms with Crippen LogP contribution in [0, 0.1) is 5.92 Å². The van der Waals surface area contributed by atoms with Crippen LogP contribution < -0.4 is 0 Å². The number of nitrogens with zero attached hydrogens (tertiary/aromatic N) is 2. The van der Waals surface area contributed by atoms with Gasteiger partial charge >= 0.3 is 0 Å². The molecule has 0 aliphatic heterocycles. The number of hydrogen-bond acceptors (Lipinski definition) is 2. The highest BCUT2D eigenvalue weighted by Crippen LogP contribution is 2.18. The van der Waals surface area contributed by atoms with E-state index in [0.717, 1.165) is 23.7 Å². The third-order valence-corrected chi connectivity index (χ3v) is 6.98. The molecule has 0 spiro atoms. The molecule has 0 saturated carbocycles. The van der Waals surface area contributed by atoms with Crippen LogP contribution >= 0.6 is 0 Å². The second-order valence-corrected chi connectivity index (χ2v) is 10.7. The van der Waals surface area contributed by atoms with E-state index in [1.54, 1.807) is 0 Å². The number of hydrogen-bond donors (Lipinski definition) is 0. The molecule has 2 aromatic rings. The Kier molecular flexibility index (Phi) is 15.6. The molecule has 0 amide bonds. The maximum absolute atomic E-state index is 4.65. The lowest BCUT2D eigenvalue weighted by atomic mass is 10.0. The zero-order chi connectivity index (χ0) is 24.3. The molecular formula is C32H52N2. The Morgan fingerprint density at radius 1 is 0.559 bits per heavy atom. The van der Waals surface area contributed by atoms with Crippen LogP contribution in [0.15, 0.2) is 36.7 Å². The minimum atomic E-state index is 0.850. The summed E-state index contributed by atoms with van der Waals surface area (Å²) < 4.78 is 0. The molecular weight excluding hydrogens is 412 g/mol. The Bertz CT molecular complexity index is 718. The van der Waals surface area contributed by atoms with Gasteiger partial charge in [-0.2, -0.15) is 0 Å². The Balaban J connectivity index is 1.58. The highest BCUT2D eigenvalue weighted by atomic mass is 14.9. The summed E-state index contributed by atoms with van der Waals surface area (Å²) in [6.07, 6.45) is 28.3. The maximum Gasteiger partial charge on any atom is 0.159 e. The molecule has 0 N–H and O–H groups in total. The monoisotopic (exact) mass is 464 g/mol. The predicted molar refractivity (Wildman–Crippen MR) is 149 cm³/mol. The summed E-state index contributed by atoms with van der Waals surface area (Å²) in [6, 6.07) is 8.91. The van der Waals surface area contributed by atoms with Gasteiger partial charge in [0.05, 0.1) is 0 Å². The molecule has 0 unspecified atom stereocenters. The van der Waals surface area contributed by atoms with Crippen molar-refractivity contribution in [1.29, 1.82) is 0 Å². The summed E-state index contributed by atoms with van der Waals surface area (Å²) in [5.41, 5.74) is 3.84. The zero-order valence-electron chi connectivity index (χ0n) is 22.7. The second kappa shape index (κ2) is 18.6. The van der Waals surface area contributed by atoms with Gasteiger partial charge in [-0.25, -0.2) is 9.97 Å².